The van der Waals surface area contributed by atoms with E-state index in [2.05, 4.69) is 15.6 Å². The highest BCUT2D eigenvalue weighted by molar-refractivity contribution is 6.04. The molecule has 2 N–H and O–H groups in total. The average Bonchev–Trinajstić information content (AvgIpc) is 2.48. The predicted octanol–water partition coefficient (Wildman–Crippen LogP) is 3.39. The molecular formula is C18H23N3O3. The van der Waals surface area contributed by atoms with Crippen molar-refractivity contribution in [3.63, 3.8) is 0 Å². The van der Waals surface area contributed by atoms with Crippen molar-refractivity contribution in [3.05, 3.63) is 36.0 Å². The maximum Gasteiger partial charge on any atom is 0.408 e. The van der Waals surface area contributed by atoms with Crippen molar-refractivity contribution in [2.75, 3.05) is 5.32 Å². The normalized spacial score (nSPS) is 12.5. The minimum absolute atomic E-state index is 0.324. The molecule has 0 saturated heterocycles. The molecule has 6 nitrogen and oxygen atoms in total. The van der Waals surface area contributed by atoms with Gasteiger partial charge in [0.15, 0.2) is 0 Å². The van der Waals surface area contributed by atoms with Gasteiger partial charge < -0.3 is 15.4 Å². The molecule has 0 radical (unpaired) electrons. The zero-order valence-electron chi connectivity index (χ0n) is 14.6. The number of aromatic nitrogens is 1. The second-order valence-electron chi connectivity index (χ2n) is 6.69. The van der Waals surface area contributed by atoms with Crippen LogP contribution in [0.5, 0.6) is 0 Å². The SMILES string of the molecule is Cc1ccc(NC(=O)C(C)NC(=O)OC(C)(C)C)c2cccnc12. The molecule has 6 heteroatoms. The van der Waals surface area contributed by atoms with Gasteiger partial charge in [0.1, 0.15) is 11.6 Å². The molecule has 0 fully saturated rings. The monoisotopic (exact) mass is 329 g/mol. The van der Waals surface area contributed by atoms with Crippen molar-refractivity contribution < 1.29 is 14.3 Å². The van der Waals surface area contributed by atoms with Crippen molar-refractivity contribution in [1.29, 1.82) is 0 Å². The summed E-state index contributed by atoms with van der Waals surface area (Å²) in [6.45, 7) is 8.87. The quantitative estimate of drug-likeness (QED) is 0.904. The van der Waals surface area contributed by atoms with Gasteiger partial charge in [-0.25, -0.2) is 4.79 Å². The van der Waals surface area contributed by atoms with E-state index in [1.54, 1.807) is 33.9 Å². The maximum atomic E-state index is 12.3. The number of anilines is 1. The number of fused-ring (bicyclic) bond motifs is 1. The van der Waals surface area contributed by atoms with Gasteiger partial charge in [0.25, 0.3) is 0 Å². The summed E-state index contributed by atoms with van der Waals surface area (Å²) in [4.78, 5) is 28.4. The number of hydrogen-bond acceptors (Lipinski definition) is 4. The van der Waals surface area contributed by atoms with Crippen LogP contribution in [0.1, 0.15) is 33.3 Å². The number of carbonyl (C=O) groups excluding carboxylic acids is 2. The second kappa shape index (κ2) is 6.86. The van der Waals surface area contributed by atoms with Crippen LogP contribution in [0.25, 0.3) is 10.9 Å². The molecule has 1 heterocycles. The van der Waals surface area contributed by atoms with E-state index in [4.69, 9.17) is 4.74 Å². The average molecular weight is 329 g/mol. The second-order valence-corrected chi connectivity index (χ2v) is 6.69. The van der Waals surface area contributed by atoms with Crippen LogP contribution in [0.3, 0.4) is 0 Å². The van der Waals surface area contributed by atoms with Gasteiger partial charge in [-0.15, -0.1) is 0 Å². The lowest BCUT2D eigenvalue weighted by atomic mass is 10.1. The molecule has 0 saturated carbocycles. The van der Waals surface area contributed by atoms with Crippen molar-refractivity contribution in [1.82, 2.24) is 10.3 Å². The third-order valence-corrected chi connectivity index (χ3v) is 3.36. The van der Waals surface area contributed by atoms with Gasteiger partial charge in [0, 0.05) is 11.6 Å². The Hall–Kier alpha value is -2.63. The summed E-state index contributed by atoms with van der Waals surface area (Å²) in [7, 11) is 0. The van der Waals surface area contributed by atoms with Crippen LogP contribution in [0.4, 0.5) is 10.5 Å². The van der Waals surface area contributed by atoms with Crippen LogP contribution in [0.2, 0.25) is 0 Å². The number of benzene rings is 1. The lowest BCUT2D eigenvalue weighted by Crippen LogP contribution is -2.44. The molecule has 1 aromatic carbocycles. The highest BCUT2D eigenvalue weighted by atomic mass is 16.6. The minimum atomic E-state index is -0.729. The number of ether oxygens (including phenoxy) is 1. The lowest BCUT2D eigenvalue weighted by molar-refractivity contribution is -0.117. The predicted molar refractivity (Wildman–Crippen MR) is 93.9 cm³/mol. The van der Waals surface area contributed by atoms with Crippen LogP contribution >= 0.6 is 0 Å². The molecule has 2 rings (SSSR count). The molecule has 2 amide bonds. The smallest absolute Gasteiger partial charge is 0.408 e. The summed E-state index contributed by atoms with van der Waals surface area (Å²) in [6, 6.07) is 6.72. The molecule has 1 atom stereocenters. The molecule has 1 aromatic heterocycles. The number of nitrogens with one attached hydrogen (secondary N) is 2. The first-order chi connectivity index (χ1) is 11.2. The van der Waals surface area contributed by atoms with Gasteiger partial charge in [0.2, 0.25) is 5.91 Å². The van der Waals surface area contributed by atoms with Crippen LogP contribution in [-0.4, -0.2) is 28.6 Å². The fourth-order valence-corrected chi connectivity index (χ4v) is 2.21. The maximum absolute atomic E-state index is 12.3. The molecule has 0 spiro atoms. The lowest BCUT2D eigenvalue weighted by Gasteiger charge is -2.21. The van der Waals surface area contributed by atoms with Crippen LogP contribution in [0, 0.1) is 6.92 Å². The number of pyridine rings is 1. The fourth-order valence-electron chi connectivity index (χ4n) is 2.21. The Morgan fingerprint density at radius 1 is 1.21 bits per heavy atom. The van der Waals surface area contributed by atoms with Crippen LogP contribution < -0.4 is 10.6 Å². The summed E-state index contributed by atoms with van der Waals surface area (Å²) in [6.07, 6.45) is 1.09. The summed E-state index contributed by atoms with van der Waals surface area (Å²) < 4.78 is 5.15. The van der Waals surface area contributed by atoms with Gasteiger partial charge in [0.05, 0.1) is 11.2 Å². The highest BCUT2D eigenvalue weighted by Crippen LogP contribution is 2.24. The Kier molecular flexibility index (Phi) is 5.07. The van der Waals surface area contributed by atoms with Crippen molar-refractivity contribution in [2.45, 2.75) is 46.3 Å². The van der Waals surface area contributed by atoms with E-state index in [-0.39, 0.29) is 5.91 Å². The fraction of sp³-hybridized carbons (Fsp3) is 0.389. The number of aryl methyl sites for hydroxylation is 1. The van der Waals surface area contributed by atoms with E-state index in [9.17, 15) is 9.59 Å². The third kappa shape index (κ3) is 4.44. The third-order valence-electron chi connectivity index (χ3n) is 3.36. The van der Waals surface area contributed by atoms with Crippen molar-refractivity contribution in [2.24, 2.45) is 0 Å². The molecule has 24 heavy (non-hydrogen) atoms. The summed E-state index contributed by atoms with van der Waals surface area (Å²) >= 11 is 0. The number of nitrogens with zero attached hydrogens (tertiary/aromatic N) is 1. The Labute approximate surface area is 141 Å². The van der Waals surface area contributed by atoms with Gasteiger partial charge in [-0.2, -0.15) is 0 Å². The van der Waals surface area contributed by atoms with Gasteiger partial charge in [-0.1, -0.05) is 6.07 Å². The number of amides is 2. The largest absolute Gasteiger partial charge is 0.444 e. The van der Waals surface area contributed by atoms with Crippen molar-refractivity contribution >= 4 is 28.6 Å². The van der Waals surface area contributed by atoms with Crippen LogP contribution in [-0.2, 0) is 9.53 Å². The van der Waals surface area contributed by atoms with E-state index < -0.39 is 17.7 Å². The molecule has 0 aliphatic rings. The molecule has 0 bridgehead atoms. The van der Waals surface area contributed by atoms with E-state index >= 15 is 0 Å². The Balaban J connectivity index is 2.10. The van der Waals surface area contributed by atoms with Gasteiger partial charge in [-0.05, 0) is 58.4 Å². The molecule has 0 aliphatic carbocycles. The summed E-state index contributed by atoms with van der Waals surface area (Å²) in [5.74, 6) is -0.324. The first-order valence-corrected chi connectivity index (χ1v) is 7.82. The Bertz CT molecular complexity index is 766. The summed E-state index contributed by atoms with van der Waals surface area (Å²) in [5, 5.41) is 6.21. The Morgan fingerprint density at radius 3 is 2.58 bits per heavy atom. The van der Waals surface area contributed by atoms with Gasteiger partial charge in [-0.3, -0.25) is 9.78 Å². The number of alkyl carbamates (subject to hydrolysis) is 1. The van der Waals surface area contributed by atoms with Crippen LogP contribution in [0.15, 0.2) is 30.5 Å². The number of hydrogen-bond donors (Lipinski definition) is 2. The summed E-state index contributed by atoms with van der Waals surface area (Å²) in [5.41, 5.74) is 1.91. The van der Waals surface area contributed by atoms with E-state index in [1.165, 1.54) is 0 Å². The molecular weight excluding hydrogens is 306 g/mol. The molecule has 2 aromatic rings. The zero-order valence-corrected chi connectivity index (χ0v) is 14.6. The molecule has 0 aliphatic heterocycles. The van der Waals surface area contributed by atoms with E-state index in [0.717, 1.165) is 16.5 Å². The topological polar surface area (TPSA) is 80.3 Å². The van der Waals surface area contributed by atoms with E-state index in [1.807, 2.05) is 31.2 Å². The van der Waals surface area contributed by atoms with Gasteiger partial charge >= 0.3 is 6.09 Å². The molecule has 1 unspecified atom stereocenters. The Morgan fingerprint density at radius 2 is 1.92 bits per heavy atom. The number of rotatable bonds is 3. The molecule has 128 valence electrons. The highest BCUT2D eigenvalue weighted by Gasteiger charge is 2.21. The van der Waals surface area contributed by atoms with Crippen molar-refractivity contribution in [3.8, 4) is 0 Å². The first-order valence-electron chi connectivity index (χ1n) is 7.82. The minimum Gasteiger partial charge on any atom is -0.444 e. The first kappa shape index (κ1) is 17.7. The van der Waals surface area contributed by atoms with E-state index in [0.29, 0.717) is 5.69 Å². The number of carbonyl (C=O) groups is 2. The standard InChI is InChI=1S/C18H23N3O3/c1-11-8-9-14(13-7-6-10-19-15(11)13)21-16(22)12(2)20-17(23)24-18(3,4)5/h6-10,12H,1-5H3,(H,20,23)(H,21,22). The zero-order chi connectivity index (χ0) is 17.9.